The molecular weight excluding hydrogens is 250 g/mol. The van der Waals surface area contributed by atoms with Crippen molar-refractivity contribution in [2.45, 2.75) is 26.7 Å². The Bertz CT molecular complexity index is 760. The van der Waals surface area contributed by atoms with E-state index < -0.39 is 0 Å². The molecule has 2 heterocycles. The zero-order valence-corrected chi connectivity index (χ0v) is 11.8. The average Bonchev–Trinajstić information content (AvgIpc) is 2.78. The lowest BCUT2D eigenvalue weighted by Crippen LogP contribution is -2.17. The van der Waals surface area contributed by atoms with Crippen molar-refractivity contribution in [2.75, 3.05) is 17.7 Å². The smallest absolute Gasteiger partial charge is 0.152 e. The van der Waals surface area contributed by atoms with Crippen LogP contribution in [0.1, 0.15) is 25.6 Å². The molecule has 0 unspecified atom stereocenters. The van der Waals surface area contributed by atoms with Crippen LogP contribution in [0, 0.1) is 6.92 Å². The molecule has 5 nitrogen and oxygen atoms in total. The number of aromatic nitrogens is 3. The second-order valence-electron chi connectivity index (χ2n) is 4.97. The van der Waals surface area contributed by atoms with Crippen molar-refractivity contribution in [1.82, 2.24) is 14.6 Å². The molecule has 2 aromatic heterocycles. The van der Waals surface area contributed by atoms with E-state index in [2.05, 4.69) is 28.4 Å². The maximum atomic E-state index is 6.04. The second-order valence-corrected chi connectivity index (χ2v) is 4.97. The highest BCUT2D eigenvalue weighted by Crippen LogP contribution is 2.27. The number of hydrogen-bond acceptors (Lipinski definition) is 4. The number of para-hydroxylation sites is 1. The molecule has 0 fully saturated rings. The number of nitrogens with one attached hydrogen (secondary N) is 1. The van der Waals surface area contributed by atoms with Crippen molar-refractivity contribution >= 4 is 27.8 Å². The first-order chi connectivity index (χ1) is 9.72. The monoisotopic (exact) mass is 269 g/mol. The third kappa shape index (κ3) is 1.95. The maximum absolute atomic E-state index is 6.04. The van der Waals surface area contributed by atoms with Gasteiger partial charge in [0.2, 0.25) is 0 Å². The van der Waals surface area contributed by atoms with Crippen LogP contribution in [-0.2, 0) is 0 Å². The van der Waals surface area contributed by atoms with E-state index in [1.165, 1.54) is 0 Å². The first kappa shape index (κ1) is 12.7. The van der Waals surface area contributed by atoms with Crippen LogP contribution in [0.15, 0.2) is 24.3 Å². The number of hydrogen-bond donors (Lipinski definition) is 2. The summed E-state index contributed by atoms with van der Waals surface area (Å²) < 4.78 is 2.03. The Balaban J connectivity index is 2.25. The van der Waals surface area contributed by atoms with E-state index in [9.17, 15) is 0 Å². The lowest BCUT2D eigenvalue weighted by atomic mass is 10.2. The number of unbranched alkanes of at least 4 members (excludes halogenated alkanes) is 1. The minimum Gasteiger partial charge on any atom is -0.382 e. The van der Waals surface area contributed by atoms with Gasteiger partial charge in [0.25, 0.3) is 0 Å². The molecule has 0 bridgehead atoms. The van der Waals surface area contributed by atoms with Gasteiger partial charge in [-0.25, -0.2) is 14.6 Å². The van der Waals surface area contributed by atoms with Crippen molar-refractivity contribution in [2.24, 2.45) is 0 Å². The first-order valence-electron chi connectivity index (χ1n) is 6.99. The van der Waals surface area contributed by atoms with E-state index in [0.29, 0.717) is 5.82 Å². The molecule has 3 aromatic rings. The minimum atomic E-state index is 0.484. The van der Waals surface area contributed by atoms with E-state index in [-0.39, 0.29) is 0 Å². The van der Waals surface area contributed by atoms with Gasteiger partial charge in [-0.2, -0.15) is 0 Å². The van der Waals surface area contributed by atoms with Crippen molar-refractivity contribution in [3.05, 3.63) is 30.1 Å². The standard InChI is InChI=1S/C15H19N5/c1-3-4-9-17-20-10(2)18-13-14(20)11-7-5-6-8-12(11)19-15(13)16/h5-8,17H,3-4,9H2,1-2H3,(H2,16,19). The van der Waals surface area contributed by atoms with E-state index in [1.54, 1.807) is 0 Å². The van der Waals surface area contributed by atoms with Gasteiger partial charge in [-0.15, -0.1) is 0 Å². The van der Waals surface area contributed by atoms with Gasteiger partial charge in [0.1, 0.15) is 16.9 Å². The Labute approximate surface area is 117 Å². The van der Waals surface area contributed by atoms with Crippen LogP contribution < -0.4 is 11.2 Å². The van der Waals surface area contributed by atoms with Gasteiger partial charge in [0.15, 0.2) is 5.82 Å². The van der Waals surface area contributed by atoms with Gasteiger partial charge in [-0.3, -0.25) is 0 Å². The molecule has 104 valence electrons. The number of nitrogens with zero attached hydrogens (tertiary/aromatic N) is 3. The highest BCUT2D eigenvalue weighted by molar-refractivity contribution is 6.06. The van der Waals surface area contributed by atoms with Gasteiger partial charge in [0.05, 0.1) is 5.52 Å². The fraction of sp³-hybridized carbons (Fsp3) is 0.333. The molecule has 3 N–H and O–H groups in total. The van der Waals surface area contributed by atoms with Gasteiger partial charge in [0, 0.05) is 11.9 Å². The predicted molar refractivity (Wildman–Crippen MR) is 83.3 cm³/mol. The van der Waals surface area contributed by atoms with E-state index in [0.717, 1.165) is 47.1 Å². The summed E-state index contributed by atoms with van der Waals surface area (Å²) in [5.74, 6) is 1.39. The summed E-state index contributed by atoms with van der Waals surface area (Å²) in [5.41, 5.74) is 12.2. The molecule has 5 heteroatoms. The van der Waals surface area contributed by atoms with Crippen molar-refractivity contribution in [3.63, 3.8) is 0 Å². The van der Waals surface area contributed by atoms with Gasteiger partial charge >= 0.3 is 0 Å². The number of benzene rings is 1. The minimum absolute atomic E-state index is 0.484. The number of anilines is 1. The summed E-state index contributed by atoms with van der Waals surface area (Å²) in [6.07, 6.45) is 2.28. The Morgan fingerprint density at radius 3 is 2.85 bits per heavy atom. The molecule has 0 saturated carbocycles. The summed E-state index contributed by atoms with van der Waals surface area (Å²) in [6, 6.07) is 8.02. The third-order valence-electron chi connectivity index (χ3n) is 3.49. The molecule has 1 aromatic carbocycles. The Kier molecular flexibility index (Phi) is 3.18. The molecule has 0 atom stereocenters. The largest absolute Gasteiger partial charge is 0.382 e. The highest BCUT2D eigenvalue weighted by atomic mass is 15.4. The van der Waals surface area contributed by atoms with Crippen molar-refractivity contribution in [1.29, 1.82) is 0 Å². The van der Waals surface area contributed by atoms with Crippen LogP contribution in [0.3, 0.4) is 0 Å². The third-order valence-corrected chi connectivity index (χ3v) is 3.49. The lowest BCUT2D eigenvalue weighted by molar-refractivity contribution is 0.749. The van der Waals surface area contributed by atoms with Gasteiger partial charge in [-0.05, 0) is 19.4 Å². The molecule has 0 aliphatic heterocycles. The van der Waals surface area contributed by atoms with Crippen LogP contribution in [0.25, 0.3) is 21.9 Å². The SMILES string of the molecule is CCCCNn1c(C)nc2c(N)nc3ccccc3c21. The van der Waals surface area contributed by atoms with E-state index in [4.69, 9.17) is 5.73 Å². The highest BCUT2D eigenvalue weighted by Gasteiger charge is 2.14. The zero-order chi connectivity index (χ0) is 14.1. The Hall–Kier alpha value is -2.30. The maximum Gasteiger partial charge on any atom is 0.152 e. The first-order valence-corrected chi connectivity index (χ1v) is 6.99. The normalized spacial score (nSPS) is 11.3. The Morgan fingerprint density at radius 1 is 1.25 bits per heavy atom. The Morgan fingerprint density at radius 2 is 2.05 bits per heavy atom. The molecule has 0 saturated heterocycles. The quantitative estimate of drug-likeness (QED) is 0.715. The molecule has 0 amide bonds. The molecule has 0 aliphatic carbocycles. The number of imidazole rings is 1. The average molecular weight is 269 g/mol. The van der Waals surface area contributed by atoms with E-state index in [1.807, 2.05) is 29.8 Å². The summed E-state index contributed by atoms with van der Waals surface area (Å²) in [5, 5.41) is 1.07. The number of aryl methyl sites for hydroxylation is 1. The molecule has 20 heavy (non-hydrogen) atoms. The number of pyridine rings is 1. The zero-order valence-electron chi connectivity index (χ0n) is 11.8. The summed E-state index contributed by atoms with van der Waals surface area (Å²) in [6.45, 7) is 5.07. The number of nitrogens with two attached hydrogens (primary N) is 1. The number of nitrogen functional groups attached to an aromatic ring is 1. The van der Waals surface area contributed by atoms with Gasteiger partial charge in [-0.1, -0.05) is 31.5 Å². The second kappa shape index (κ2) is 5.00. The van der Waals surface area contributed by atoms with Gasteiger partial charge < -0.3 is 11.2 Å². The molecule has 0 aliphatic rings. The fourth-order valence-corrected chi connectivity index (χ4v) is 2.47. The number of rotatable bonds is 4. The molecule has 0 radical (unpaired) electrons. The summed E-state index contributed by atoms with van der Waals surface area (Å²) >= 11 is 0. The van der Waals surface area contributed by atoms with Crippen LogP contribution in [-0.4, -0.2) is 21.2 Å². The van der Waals surface area contributed by atoms with Crippen LogP contribution >= 0.6 is 0 Å². The van der Waals surface area contributed by atoms with Crippen molar-refractivity contribution in [3.8, 4) is 0 Å². The molecular formula is C15H19N5. The van der Waals surface area contributed by atoms with Crippen LogP contribution in [0.2, 0.25) is 0 Å². The lowest BCUT2D eigenvalue weighted by Gasteiger charge is -2.11. The fourth-order valence-electron chi connectivity index (χ4n) is 2.47. The summed E-state index contributed by atoms with van der Waals surface area (Å²) in [7, 11) is 0. The number of fused-ring (bicyclic) bond motifs is 3. The van der Waals surface area contributed by atoms with Crippen molar-refractivity contribution < 1.29 is 0 Å². The van der Waals surface area contributed by atoms with E-state index >= 15 is 0 Å². The molecule has 3 rings (SSSR count). The predicted octanol–water partition coefficient (Wildman–Crippen LogP) is 2.82. The van der Waals surface area contributed by atoms with Crippen LogP contribution in [0.5, 0.6) is 0 Å². The van der Waals surface area contributed by atoms with Crippen LogP contribution in [0.4, 0.5) is 5.82 Å². The topological polar surface area (TPSA) is 68.8 Å². The molecule has 0 spiro atoms. The summed E-state index contributed by atoms with van der Waals surface area (Å²) in [4.78, 5) is 8.98.